The van der Waals surface area contributed by atoms with E-state index in [2.05, 4.69) is 10.4 Å². The maximum Gasteiger partial charge on any atom is 0.313 e. The first-order valence-electron chi connectivity index (χ1n) is 7.13. The highest BCUT2D eigenvalue weighted by Gasteiger charge is 2.08. The number of carbonyl (C=O) groups excluding carboxylic acids is 1. The second-order valence-electron chi connectivity index (χ2n) is 5.22. The molecule has 0 spiro atoms. The fourth-order valence-electron chi connectivity index (χ4n) is 2.17. The van der Waals surface area contributed by atoms with Crippen molar-refractivity contribution in [1.29, 1.82) is 0 Å². The Morgan fingerprint density at radius 3 is 2.74 bits per heavy atom. The van der Waals surface area contributed by atoms with Crippen molar-refractivity contribution in [2.75, 3.05) is 11.1 Å². The van der Waals surface area contributed by atoms with Gasteiger partial charge in [-0.2, -0.15) is 5.10 Å². The molecule has 1 heterocycles. The first kappa shape index (κ1) is 17.1. The van der Waals surface area contributed by atoms with Gasteiger partial charge in [-0.25, -0.2) is 0 Å². The second kappa shape index (κ2) is 7.82. The lowest BCUT2D eigenvalue weighted by molar-refractivity contribution is -0.133. The number of anilines is 1. The third-order valence-corrected chi connectivity index (χ3v) is 4.09. The van der Waals surface area contributed by atoms with Crippen LogP contribution in [0.2, 0.25) is 0 Å². The summed E-state index contributed by atoms with van der Waals surface area (Å²) in [6, 6.07) is 9.34. The molecular weight excluding hydrogens is 314 g/mol. The fraction of sp³-hybridized carbons (Fsp3) is 0.312. The first-order valence-corrected chi connectivity index (χ1v) is 8.29. The number of rotatable bonds is 7. The van der Waals surface area contributed by atoms with Crippen molar-refractivity contribution in [2.45, 2.75) is 26.1 Å². The molecule has 23 heavy (non-hydrogen) atoms. The lowest BCUT2D eigenvalue weighted by Crippen LogP contribution is -2.20. The van der Waals surface area contributed by atoms with Crippen molar-refractivity contribution in [3.05, 3.63) is 47.3 Å². The zero-order valence-electron chi connectivity index (χ0n) is 13.1. The van der Waals surface area contributed by atoms with E-state index in [1.165, 1.54) is 11.8 Å². The van der Waals surface area contributed by atoms with E-state index in [1.54, 1.807) is 4.68 Å². The molecule has 1 aromatic carbocycles. The number of thioether (sulfide) groups is 1. The molecule has 122 valence electrons. The van der Waals surface area contributed by atoms with E-state index in [9.17, 15) is 9.59 Å². The SMILES string of the molecule is Cc1cc(C)n(CC(=O)Nc2cccc(CSCC(=O)O)c2)n1. The average Bonchev–Trinajstić information content (AvgIpc) is 2.76. The van der Waals surface area contributed by atoms with Crippen LogP contribution >= 0.6 is 11.8 Å². The maximum atomic E-state index is 12.1. The molecule has 6 nitrogen and oxygen atoms in total. The van der Waals surface area contributed by atoms with E-state index in [1.807, 2.05) is 44.2 Å². The molecule has 0 saturated heterocycles. The summed E-state index contributed by atoms with van der Waals surface area (Å²) in [5, 5.41) is 15.7. The van der Waals surface area contributed by atoms with Gasteiger partial charge in [0.2, 0.25) is 5.91 Å². The van der Waals surface area contributed by atoms with Crippen molar-refractivity contribution in [3.63, 3.8) is 0 Å². The molecule has 7 heteroatoms. The summed E-state index contributed by atoms with van der Waals surface area (Å²) in [7, 11) is 0. The van der Waals surface area contributed by atoms with Gasteiger partial charge in [0, 0.05) is 17.1 Å². The standard InChI is InChI=1S/C16H19N3O3S/c1-11-6-12(2)19(18-11)8-15(20)17-14-5-3-4-13(7-14)9-23-10-16(21)22/h3-7H,8-10H2,1-2H3,(H,17,20)(H,21,22). The lowest BCUT2D eigenvalue weighted by atomic mass is 10.2. The van der Waals surface area contributed by atoms with Gasteiger partial charge >= 0.3 is 5.97 Å². The molecule has 0 saturated carbocycles. The Hall–Kier alpha value is -2.28. The number of carboxylic acid groups (broad SMARTS) is 1. The van der Waals surface area contributed by atoms with Crippen LogP contribution in [0.3, 0.4) is 0 Å². The Morgan fingerprint density at radius 1 is 1.30 bits per heavy atom. The molecule has 2 N–H and O–H groups in total. The summed E-state index contributed by atoms with van der Waals surface area (Å²) >= 11 is 1.32. The number of hydrogen-bond donors (Lipinski definition) is 2. The van der Waals surface area contributed by atoms with Crippen molar-refractivity contribution < 1.29 is 14.7 Å². The number of aromatic nitrogens is 2. The minimum absolute atomic E-state index is 0.0640. The quantitative estimate of drug-likeness (QED) is 0.813. The van der Waals surface area contributed by atoms with E-state index in [-0.39, 0.29) is 18.2 Å². The number of nitrogens with one attached hydrogen (secondary N) is 1. The van der Waals surface area contributed by atoms with Crippen molar-refractivity contribution >= 4 is 29.3 Å². The van der Waals surface area contributed by atoms with Crippen LogP contribution < -0.4 is 5.32 Å². The number of aliphatic carboxylic acids is 1. The van der Waals surface area contributed by atoms with Crippen LogP contribution in [0.5, 0.6) is 0 Å². The van der Waals surface area contributed by atoms with E-state index in [0.717, 1.165) is 17.0 Å². The minimum Gasteiger partial charge on any atom is -0.481 e. The molecule has 0 aliphatic heterocycles. The summed E-state index contributed by atoms with van der Waals surface area (Å²) in [4.78, 5) is 22.6. The highest BCUT2D eigenvalue weighted by molar-refractivity contribution is 7.99. The summed E-state index contributed by atoms with van der Waals surface area (Å²) < 4.78 is 1.66. The molecule has 1 amide bonds. The normalized spacial score (nSPS) is 10.5. The van der Waals surface area contributed by atoms with Gasteiger partial charge in [-0.05, 0) is 37.6 Å². The number of amides is 1. The van der Waals surface area contributed by atoms with Gasteiger partial charge < -0.3 is 10.4 Å². The molecule has 0 bridgehead atoms. The van der Waals surface area contributed by atoms with Gasteiger partial charge in [0.1, 0.15) is 6.54 Å². The predicted octanol–water partition coefficient (Wildman–Crippen LogP) is 2.46. The second-order valence-corrected chi connectivity index (χ2v) is 6.21. The van der Waals surface area contributed by atoms with Gasteiger partial charge in [-0.15, -0.1) is 11.8 Å². The summed E-state index contributed by atoms with van der Waals surface area (Å²) in [6.07, 6.45) is 0. The monoisotopic (exact) mass is 333 g/mol. The van der Waals surface area contributed by atoms with E-state index < -0.39 is 5.97 Å². The van der Waals surface area contributed by atoms with Crippen LogP contribution in [-0.4, -0.2) is 32.5 Å². The summed E-state index contributed by atoms with van der Waals surface area (Å²) in [5.74, 6) is -0.321. The lowest BCUT2D eigenvalue weighted by Gasteiger charge is -2.08. The van der Waals surface area contributed by atoms with Crippen molar-refractivity contribution in [3.8, 4) is 0 Å². The van der Waals surface area contributed by atoms with Crippen molar-refractivity contribution in [1.82, 2.24) is 9.78 Å². The summed E-state index contributed by atoms with van der Waals surface area (Å²) in [5.41, 5.74) is 3.49. The van der Waals surface area contributed by atoms with E-state index >= 15 is 0 Å². The smallest absolute Gasteiger partial charge is 0.313 e. The number of aryl methyl sites for hydroxylation is 2. The fourth-order valence-corrected chi connectivity index (χ4v) is 2.86. The third-order valence-electron chi connectivity index (χ3n) is 3.10. The molecular formula is C16H19N3O3S. The number of hydrogen-bond acceptors (Lipinski definition) is 4. The molecule has 0 atom stereocenters. The Morgan fingerprint density at radius 2 is 2.09 bits per heavy atom. The van der Waals surface area contributed by atoms with Gasteiger partial charge in [-0.3, -0.25) is 14.3 Å². The Balaban J connectivity index is 1.93. The first-order chi connectivity index (χ1) is 10.9. The Kier molecular flexibility index (Phi) is 5.81. The van der Waals surface area contributed by atoms with Crippen molar-refractivity contribution in [2.24, 2.45) is 0 Å². The molecule has 2 rings (SSSR count). The number of nitrogens with zero attached hydrogens (tertiary/aromatic N) is 2. The van der Waals surface area contributed by atoms with E-state index in [4.69, 9.17) is 5.11 Å². The number of carboxylic acids is 1. The van der Waals surface area contributed by atoms with Crippen LogP contribution in [0.15, 0.2) is 30.3 Å². The van der Waals surface area contributed by atoms with Crippen LogP contribution in [0.4, 0.5) is 5.69 Å². The highest BCUT2D eigenvalue weighted by Crippen LogP contribution is 2.16. The van der Waals surface area contributed by atoms with Crippen LogP contribution in [0.25, 0.3) is 0 Å². The van der Waals surface area contributed by atoms with Gasteiger partial charge in [0.05, 0.1) is 11.4 Å². The van der Waals surface area contributed by atoms with Gasteiger partial charge in [0.15, 0.2) is 0 Å². The molecule has 0 fully saturated rings. The largest absolute Gasteiger partial charge is 0.481 e. The maximum absolute atomic E-state index is 12.1. The van der Waals surface area contributed by atoms with Gasteiger partial charge in [-0.1, -0.05) is 12.1 Å². The predicted molar refractivity (Wildman–Crippen MR) is 90.6 cm³/mol. The Bertz CT molecular complexity index is 712. The topological polar surface area (TPSA) is 84.2 Å². The molecule has 0 aliphatic rings. The van der Waals surface area contributed by atoms with Gasteiger partial charge in [0.25, 0.3) is 0 Å². The molecule has 0 radical (unpaired) electrons. The van der Waals surface area contributed by atoms with Crippen LogP contribution in [0, 0.1) is 13.8 Å². The van der Waals surface area contributed by atoms with E-state index in [0.29, 0.717) is 11.4 Å². The number of benzene rings is 1. The number of carbonyl (C=O) groups is 2. The summed E-state index contributed by atoms with van der Waals surface area (Å²) in [6.45, 7) is 3.96. The molecule has 0 unspecified atom stereocenters. The Labute approximate surface area is 138 Å². The average molecular weight is 333 g/mol. The molecule has 1 aromatic heterocycles. The zero-order valence-corrected chi connectivity index (χ0v) is 13.9. The molecule has 2 aromatic rings. The zero-order chi connectivity index (χ0) is 16.8. The molecule has 0 aliphatic carbocycles. The van der Waals surface area contributed by atoms with Crippen LogP contribution in [0.1, 0.15) is 17.0 Å². The highest BCUT2D eigenvalue weighted by atomic mass is 32.2. The van der Waals surface area contributed by atoms with Crippen LogP contribution in [-0.2, 0) is 21.9 Å². The third kappa shape index (κ3) is 5.45. The minimum atomic E-state index is -0.829.